The zero-order valence-corrected chi connectivity index (χ0v) is 11.8. The Balaban J connectivity index is 2.34. The molecule has 0 atom stereocenters. The highest BCUT2D eigenvalue weighted by Crippen LogP contribution is 2.33. The van der Waals surface area contributed by atoms with Crippen LogP contribution >= 0.6 is 27.5 Å². The number of anilines is 1. The zero-order valence-electron chi connectivity index (χ0n) is 9.51. The molecule has 0 saturated carbocycles. The molecule has 5 heteroatoms. The predicted octanol–water partition coefficient (Wildman–Crippen LogP) is 4.92. The Kier molecular flexibility index (Phi) is 3.78. The van der Waals surface area contributed by atoms with Gasteiger partial charge in [-0.1, -0.05) is 27.5 Å². The first-order valence-electron chi connectivity index (χ1n) is 5.16. The van der Waals surface area contributed by atoms with Crippen LogP contribution in [0.25, 0.3) is 0 Å². The van der Waals surface area contributed by atoms with Crippen molar-refractivity contribution in [3.63, 3.8) is 0 Å². The van der Waals surface area contributed by atoms with E-state index in [2.05, 4.69) is 15.9 Å². The third-order valence-corrected chi connectivity index (χ3v) is 3.59. The summed E-state index contributed by atoms with van der Waals surface area (Å²) in [5, 5.41) is -0.0214. The molecule has 0 saturated heterocycles. The van der Waals surface area contributed by atoms with Gasteiger partial charge in [-0.2, -0.15) is 0 Å². The number of nitrogen functional groups attached to an aromatic ring is 1. The lowest BCUT2D eigenvalue weighted by Gasteiger charge is -2.10. The van der Waals surface area contributed by atoms with Crippen LogP contribution in [0.2, 0.25) is 5.02 Å². The summed E-state index contributed by atoms with van der Waals surface area (Å²) >= 11 is 9.01. The van der Waals surface area contributed by atoms with Crippen LogP contribution in [0.5, 0.6) is 11.5 Å². The van der Waals surface area contributed by atoms with Crippen molar-refractivity contribution >= 4 is 33.2 Å². The van der Waals surface area contributed by atoms with E-state index in [1.165, 1.54) is 12.1 Å². The van der Waals surface area contributed by atoms with Crippen molar-refractivity contribution in [2.75, 3.05) is 5.73 Å². The van der Waals surface area contributed by atoms with Gasteiger partial charge in [-0.15, -0.1) is 0 Å². The molecule has 0 aliphatic heterocycles. The molecule has 2 aromatic rings. The van der Waals surface area contributed by atoms with Gasteiger partial charge in [-0.05, 0) is 36.8 Å². The molecular formula is C13H10BrClFNO. The Morgan fingerprint density at radius 3 is 2.67 bits per heavy atom. The first kappa shape index (κ1) is 13.2. The third-order valence-electron chi connectivity index (χ3n) is 2.41. The Morgan fingerprint density at radius 2 is 2.00 bits per heavy atom. The lowest BCUT2D eigenvalue weighted by atomic mass is 10.2. The molecule has 18 heavy (non-hydrogen) atoms. The molecule has 0 unspecified atom stereocenters. The van der Waals surface area contributed by atoms with Crippen LogP contribution in [0.3, 0.4) is 0 Å². The summed E-state index contributed by atoms with van der Waals surface area (Å²) in [6, 6.07) is 7.96. The minimum atomic E-state index is -0.560. The first-order valence-corrected chi connectivity index (χ1v) is 6.33. The van der Waals surface area contributed by atoms with E-state index in [-0.39, 0.29) is 10.8 Å². The average molecular weight is 331 g/mol. The number of ether oxygens (including phenoxy) is 1. The SMILES string of the molecule is Cc1cc(Oc2cc(F)c(Cl)cc2N)ccc1Br. The second kappa shape index (κ2) is 5.16. The van der Waals surface area contributed by atoms with Gasteiger partial charge >= 0.3 is 0 Å². The first-order chi connectivity index (χ1) is 8.47. The molecule has 2 N–H and O–H groups in total. The molecule has 2 nitrogen and oxygen atoms in total. The lowest BCUT2D eigenvalue weighted by molar-refractivity contribution is 0.479. The summed E-state index contributed by atoms with van der Waals surface area (Å²) in [4.78, 5) is 0. The highest BCUT2D eigenvalue weighted by atomic mass is 79.9. The Hall–Kier alpha value is -1.26. The molecule has 2 rings (SSSR count). The molecule has 2 aromatic carbocycles. The second-order valence-electron chi connectivity index (χ2n) is 3.82. The summed E-state index contributed by atoms with van der Waals surface area (Å²) < 4.78 is 19.8. The summed E-state index contributed by atoms with van der Waals surface area (Å²) in [5.74, 6) is 0.275. The van der Waals surface area contributed by atoms with Crippen molar-refractivity contribution < 1.29 is 9.13 Å². The number of nitrogens with two attached hydrogens (primary N) is 1. The maximum atomic E-state index is 13.3. The lowest BCUT2D eigenvalue weighted by Crippen LogP contribution is -1.94. The Morgan fingerprint density at radius 1 is 1.28 bits per heavy atom. The fourth-order valence-corrected chi connectivity index (χ4v) is 1.86. The summed E-state index contributed by atoms with van der Waals surface area (Å²) in [7, 11) is 0. The van der Waals surface area contributed by atoms with Crippen molar-refractivity contribution in [1.82, 2.24) is 0 Å². The van der Waals surface area contributed by atoms with E-state index in [0.29, 0.717) is 11.4 Å². The fourth-order valence-electron chi connectivity index (χ4n) is 1.44. The van der Waals surface area contributed by atoms with Crippen molar-refractivity contribution in [1.29, 1.82) is 0 Å². The highest BCUT2D eigenvalue weighted by Gasteiger charge is 2.09. The van der Waals surface area contributed by atoms with E-state index >= 15 is 0 Å². The number of benzene rings is 2. The standard InChI is InChI=1S/C13H10BrClFNO/c1-7-4-8(2-3-9(7)14)18-13-6-11(16)10(15)5-12(13)17/h2-6H,17H2,1H3. The van der Waals surface area contributed by atoms with E-state index in [4.69, 9.17) is 22.1 Å². The van der Waals surface area contributed by atoms with Crippen LogP contribution in [-0.2, 0) is 0 Å². The topological polar surface area (TPSA) is 35.2 Å². The zero-order chi connectivity index (χ0) is 13.3. The van der Waals surface area contributed by atoms with Gasteiger partial charge in [0.15, 0.2) is 5.75 Å². The van der Waals surface area contributed by atoms with Crippen molar-refractivity contribution in [3.8, 4) is 11.5 Å². The molecule has 0 aromatic heterocycles. The maximum Gasteiger partial charge on any atom is 0.153 e. The smallest absolute Gasteiger partial charge is 0.153 e. The molecule has 0 aliphatic carbocycles. The maximum absolute atomic E-state index is 13.3. The predicted molar refractivity (Wildman–Crippen MR) is 74.8 cm³/mol. The van der Waals surface area contributed by atoms with Crippen LogP contribution < -0.4 is 10.5 Å². The van der Waals surface area contributed by atoms with E-state index in [9.17, 15) is 4.39 Å². The average Bonchev–Trinajstić information content (AvgIpc) is 2.31. The van der Waals surface area contributed by atoms with Crippen molar-refractivity contribution in [2.24, 2.45) is 0 Å². The van der Waals surface area contributed by atoms with Crippen LogP contribution in [-0.4, -0.2) is 0 Å². The number of hydrogen-bond acceptors (Lipinski definition) is 2. The molecule has 0 spiro atoms. The Labute approximate surface area is 118 Å². The van der Waals surface area contributed by atoms with E-state index in [0.717, 1.165) is 10.0 Å². The molecule has 0 bridgehead atoms. The Bertz CT molecular complexity index is 604. The number of rotatable bonds is 2. The summed E-state index contributed by atoms with van der Waals surface area (Å²) in [6.45, 7) is 1.93. The van der Waals surface area contributed by atoms with Gasteiger partial charge in [0.25, 0.3) is 0 Å². The van der Waals surface area contributed by atoms with Gasteiger partial charge < -0.3 is 10.5 Å². The quantitative estimate of drug-likeness (QED) is 0.793. The monoisotopic (exact) mass is 329 g/mol. The number of hydrogen-bond donors (Lipinski definition) is 1. The molecule has 0 amide bonds. The molecular weight excluding hydrogens is 321 g/mol. The van der Waals surface area contributed by atoms with Gasteiger partial charge in [0.2, 0.25) is 0 Å². The van der Waals surface area contributed by atoms with E-state index in [1.807, 2.05) is 19.1 Å². The van der Waals surface area contributed by atoms with Crippen molar-refractivity contribution in [2.45, 2.75) is 6.92 Å². The largest absolute Gasteiger partial charge is 0.455 e. The number of halogens is 3. The normalized spacial score (nSPS) is 10.4. The second-order valence-corrected chi connectivity index (χ2v) is 5.08. The van der Waals surface area contributed by atoms with Crippen LogP contribution in [0, 0.1) is 12.7 Å². The van der Waals surface area contributed by atoms with Gasteiger partial charge in [-0.3, -0.25) is 0 Å². The molecule has 0 fully saturated rings. The van der Waals surface area contributed by atoms with Gasteiger partial charge in [0.05, 0.1) is 10.7 Å². The van der Waals surface area contributed by atoms with Gasteiger partial charge in [0, 0.05) is 10.5 Å². The van der Waals surface area contributed by atoms with Crippen molar-refractivity contribution in [3.05, 3.63) is 51.2 Å². The van der Waals surface area contributed by atoms with Crippen LogP contribution in [0.4, 0.5) is 10.1 Å². The third kappa shape index (κ3) is 2.76. The van der Waals surface area contributed by atoms with Crippen LogP contribution in [0.15, 0.2) is 34.8 Å². The fraction of sp³-hybridized carbons (Fsp3) is 0.0769. The number of aryl methyl sites for hydroxylation is 1. The molecule has 0 heterocycles. The molecule has 94 valence electrons. The van der Waals surface area contributed by atoms with E-state index < -0.39 is 5.82 Å². The van der Waals surface area contributed by atoms with Crippen LogP contribution in [0.1, 0.15) is 5.56 Å². The van der Waals surface area contributed by atoms with E-state index in [1.54, 1.807) is 6.07 Å². The minimum absolute atomic E-state index is 0.0214. The molecule has 0 radical (unpaired) electrons. The van der Waals surface area contributed by atoms with Gasteiger partial charge in [-0.25, -0.2) is 4.39 Å². The minimum Gasteiger partial charge on any atom is -0.455 e. The molecule has 0 aliphatic rings. The highest BCUT2D eigenvalue weighted by molar-refractivity contribution is 9.10. The summed E-state index contributed by atoms with van der Waals surface area (Å²) in [6.07, 6.45) is 0. The van der Waals surface area contributed by atoms with Gasteiger partial charge in [0.1, 0.15) is 11.6 Å². The summed E-state index contributed by atoms with van der Waals surface area (Å²) in [5.41, 5.74) is 7.03.